The van der Waals surface area contributed by atoms with Crippen LogP contribution in [0.15, 0.2) is 28.9 Å². The molecule has 152 valence electrons. The number of hydrogen-bond donors (Lipinski definition) is 1. The van der Waals surface area contributed by atoms with Crippen LogP contribution in [0.4, 0.5) is 0 Å². The minimum absolute atomic E-state index is 0.00196. The largest absolute Gasteiger partial charge is 0.494 e. The predicted molar refractivity (Wildman–Crippen MR) is 96.2 cm³/mol. The Balaban J connectivity index is 2.84. The molecule has 1 aliphatic rings. The monoisotopic (exact) mass is 412 g/mol. The topological polar surface area (TPSA) is 125 Å². The third kappa shape index (κ3) is 3.71. The van der Waals surface area contributed by atoms with Gasteiger partial charge in [0, 0.05) is 25.2 Å². The summed E-state index contributed by atoms with van der Waals surface area (Å²) >= 11 is 0. The van der Waals surface area contributed by atoms with Gasteiger partial charge in [-0.1, -0.05) is 12.1 Å². The number of benzene rings is 1. The molecular formula is C18H20O9S. The van der Waals surface area contributed by atoms with Gasteiger partial charge in [-0.3, -0.25) is 18.6 Å². The van der Waals surface area contributed by atoms with Gasteiger partial charge in [-0.15, -0.1) is 0 Å². The van der Waals surface area contributed by atoms with E-state index in [1.165, 1.54) is 32.4 Å². The molecule has 0 heterocycles. The summed E-state index contributed by atoms with van der Waals surface area (Å²) < 4.78 is 33.1. The zero-order chi connectivity index (χ0) is 21.1. The van der Waals surface area contributed by atoms with Gasteiger partial charge in [-0.25, -0.2) is 0 Å². The lowest BCUT2D eigenvalue weighted by Crippen LogP contribution is -2.47. The van der Waals surface area contributed by atoms with Gasteiger partial charge in [0.1, 0.15) is 5.75 Å². The number of carbonyl (C=O) groups is 3. The van der Waals surface area contributed by atoms with Crippen molar-refractivity contribution in [3.05, 3.63) is 35.1 Å². The lowest BCUT2D eigenvalue weighted by molar-refractivity contribution is -0.144. The Labute approximate surface area is 163 Å². The summed E-state index contributed by atoms with van der Waals surface area (Å²) in [6.45, 7) is 1.15. The Bertz CT molecular complexity index is 861. The van der Waals surface area contributed by atoms with Crippen molar-refractivity contribution in [3.8, 4) is 0 Å². The second-order valence-corrected chi connectivity index (χ2v) is 7.21. The van der Waals surface area contributed by atoms with Crippen molar-refractivity contribution in [2.75, 3.05) is 27.1 Å². The highest BCUT2D eigenvalue weighted by Gasteiger charge is 2.50. The molecule has 3 unspecified atom stereocenters. The van der Waals surface area contributed by atoms with Crippen LogP contribution < -0.4 is 0 Å². The number of rotatable bonds is 7. The van der Waals surface area contributed by atoms with Crippen molar-refractivity contribution in [1.29, 1.82) is 0 Å². The van der Waals surface area contributed by atoms with Gasteiger partial charge in [0.2, 0.25) is 0 Å². The molecule has 0 bridgehead atoms. The molecule has 0 amide bonds. The highest BCUT2D eigenvalue weighted by atomic mass is 32.2. The first-order valence-electron chi connectivity index (χ1n) is 8.02. The van der Waals surface area contributed by atoms with E-state index in [1.807, 2.05) is 0 Å². The molecule has 0 saturated heterocycles. The minimum atomic E-state index is -2.20. The zero-order valence-electron chi connectivity index (χ0n) is 15.7. The van der Waals surface area contributed by atoms with Gasteiger partial charge >= 0.3 is 11.9 Å². The van der Waals surface area contributed by atoms with E-state index in [0.29, 0.717) is 0 Å². The fourth-order valence-electron chi connectivity index (χ4n) is 2.97. The molecule has 3 atom stereocenters. The summed E-state index contributed by atoms with van der Waals surface area (Å²) in [5, 5.41) is 11.0. The summed E-state index contributed by atoms with van der Waals surface area (Å²) in [7, 11) is 1.72. The van der Waals surface area contributed by atoms with Gasteiger partial charge < -0.3 is 24.1 Å². The maximum Gasteiger partial charge on any atom is 0.318 e. The van der Waals surface area contributed by atoms with E-state index < -0.39 is 40.2 Å². The van der Waals surface area contributed by atoms with Gasteiger partial charge in [-0.2, -0.15) is 0 Å². The quantitative estimate of drug-likeness (QED) is 0.496. The van der Waals surface area contributed by atoms with E-state index in [4.69, 9.17) is 14.2 Å². The molecule has 0 radical (unpaired) electrons. The number of ether oxygens (including phenoxy) is 4. The van der Waals surface area contributed by atoms with Crippen LogP contribution in [0, 0.1) is 0 Å². The highest BCUT2D eigenvalue weighted by Crippen LogP contribution is 2.45. The minimum Gasteiger partial charge on any atom is -0.494 e. The maximum absolute atomic E-state index is 12.8. The van der Waals surface area contributed by atoms with E-state index in [9.17, 15) is 23.7 Å². The Morgan fingerprint density at radius 1 is 1.29 bits per heavy atom. The molecule has 2 rings (SSSR count). The van der Waals surface area contributed by atoms with Gasteiger partial charge in [0.05, 0.1) is 29.9 Å². The number of fused-ring (bicyclic) bond motifs is 1. The first-order valence-corrected chi connectivity index (χ1v) is 9.34. The Hall–Kier alpha value is -2.56. The highest BCUT2D eigenvalue weighted by molar-refractivity contribution is 7.85. The molecule has 1 N–H and O–H groups in total. The van der Waals surface area contributed by atoms with E-state index in [0.717, 1.165) is 14.0 Å². The summed E-state index contributed by atoms with van der Waals surface area (Å²) in [5.74, 6) is -2.21. The van der Waals surface area contributed by atoms with Crippen LogP contribution in [0.1, 0.15) is 18.1 Å². The van der Waals surface area contributed by atoms with Crippen LogP contribution >= 0.6 is 0 Å². The van der Waals surface area contributed by atoms with Crippen molar-refractivity contribution < 1.29 is 42.6 Å². The lowest BCUT2D eigenvalue weighted by atomic mass is 9.79. The number of aldehydes is 1. The second kappa shape index (κ2) is 8.63. The van der Waals surface area contributed by atoms with Crippen LogP contribution in [-0.4, -0.2) is 60.7 Å². The lowest BCUT2D eigenvalue weighted by Gasteiger charge is -2.38. The zero-order valence-corrected chi connectivity index (χ0v) is 16.5. The second-order valence-electron chi connectivity index (χ2n) is 5.79. The summed E-state index contributed by atoms with van der Waals surface area (Å²) in [6.07, 6.45) is -1.06. The number of methoxy groups -OCH3 is 3. The van der Waals surface area contributed by atoms with Crippen molar-refractivity contribution >= 4 is 34.8 Å². The molecule has 9 nitrogen and oxygen atoms in total. The molecule has 28 heavy (non-hydrogen) atoms. The number of aliphatic hydroxyl groups is 1. The third-order valence-electron chi connectivity index (χ3n) is 4.15. The predicted octanol–water partition coefficient (Wildman–Crippen LogP) is 0.260. The van der Waals surface area contributed by atoms with Crippen LogP contribution in [0.3, 0.4) is 0 Å². The fraction of sp³-hybridized carbons (Fsp3) is 0.389. The molecule has 1 aromatic carbocycles. The average molecular weight is 412 g/mol. The van der Waals surface area contributed by atoms with Crippen molar-refractivity contribution in [2.24, 2.45) is 0 Å². The van der Waals surface area contributed by atoms with Crippen LogP contribution in [0.2, 0.25) is 0 Å². The average Bonchev–Trinajstić information content (AvgIpc) is 2.68. The van der Waals surface area contributed by atoms with E-state index in [2.05, 4.69) is 4.74 Å². The standard InChI is InChI=1S/C18H20O9S/c1-10(20)27-15-14-11(18(22,9-19)17(26-4)16(15)25-3)6-5-7-12(14)28(23)8-13(21)24-2/h5-7,9,17,22H,8H2,1-4H3. The van der Waals surface area contributed by atoms with Crippen LogP contribution in [0.25, 0.3) is 5.76 Å². The van der Waals surface area contributed by atoms with Crippen LogP contribution in [-0.2, 0) is 49.7 Å². The van der Waals surface area contributed by atoms with E-state index in [-0.39, 0.29) is 33.8 Å². The summed E-state index contributed by atoms with van der Waals surface area (Å²) in [6, 6.07) is 4.28. The first kappa shape index (κ1) is 21.7. The van der Waals surface area contributed by atoms with Crippen molar-refractivity contribution in [1.82, 2.24) is 0 Å². The van der Waals surface area contributed by atoms with E-state index >= 15 is 0 Å². The molecular weight excluding hydrogens is 392 g/mol. The smallest absolute Gasteiger partial charge is 0.318 e. The number of hydrogen-bond acceptors (Lipinski definition) is 9. The molecule has 0 fully saturated rings. The Morgan fingerprint density at radius 2 is 1.96 bits per heavy atom. The Morgan fingerprint density at radius 3 is 2.46 bits per heavy atom. The van der Waals surface area contributed by atoms with Crippen molar-refractivity contribution in [2.45, 2.75) is 23.5 Å². The summed E-state index contributed by atoms with van der Waals surface area (Å²) in [5.41, 5.74) is -2.19. The molecule has 1 aromatic rings. The fourth-order valence-corrected chi connectivity index (χ4v) is 4.12. The third-order valence-corrected chi connectivity index (χ3v) is 5.48. The van der Waals surface area contributed by atoms with Crippen molar-refractivity contribution in [3.63, 3.8) is 0 Å². The molecule has 0 aromatic heterocycles. The molecule has 1 aliphatic carbocycles. The van der Waals surface area contributed by atoms with Gasteiger partial charge in [0.15, 0.2) is 29.5 Å². The first-order chi connectivity index (χ1) is 13.2. The SMILES string of the molecule is COC(=O)CS(=O)c1cccc2c1C(OC(C)=O)=C(OC)C(OC)C2(O)C=O. The molecule has 0 saturated carbocycles. The molecule has 0 spiro atoms. The van der Waals surface area contributed by atoms with E-state index in [1.54, 1.807) is 0 Å². The Kier molecular flexibility index (Phi) is 6.70. The number of esters is 2. The number of carbonyl (C=O) groups excluding carboxylic acids is 3. The molecule has 0 aliphatic heterocycles. The van der Waals surface area contributed by atoms with Crippen LogP contribution in [0.5, 0.6) is 0 Å². The maximum atomic E-state index is 12.8. The van der Waals surface area contributed by atoms with Gasteiger partial charge in [-0.05, 0) is 6.07 Å². The molecule has 10 heteroatoms. The van der Waals surface area contributed by atoms with Gasteiger partial charge in [0.25, 0.3) is 0 Å². The normalized spacial score (nSPS) is 22.1. The summed E-state index contributed by atoms with van der Waals surface area (Å²) in [4.78, 5) is 35.1.